The number of amides is 1. The van der Waals surface area contributed by atoms with E-state index in [1.165, 1.54) is 18.1 Å². The molecule has 14 heteroatoms. The largest absolute Gasteiger partial charge is 0.483 e. The van der Waals surface area contributed by atoms with Gasteiger partial charge in [-0.3, -0.25) is 14.5 Å². The van der Waals surface area contributed by atoms with Gasteiger partial charge < -0.3 is 19.8 Å². The van der Waals surface area contributed by atoms with Gasteiger partial charge >= 0.3 is 6.09 Å². The number of nitrogens with one attached hydrogen (secondary N) is 1. The molecule has 0 aliphatic carbocycles. The van der Waals surface area contributed by atoms with Crippen LogP contribution >= 0.6 is 11.6 Å². The van der Waals surface area contributed by atoms with Gasteiger partial charge in [0, 0.05) is 46.8 Å². The highest BCUT2D eigenvalue weighted by molar-refractivity contribution is 6.31. The van der Waals surface area contributed by atoms with Gasteiger partial charge in [-0.1, -0.05) is 30.7 Å². The van der Waals surface area contributed by atoms with Gasteiger partial charge in [-0.05, 0) is 58.8 Å². The zero-order chi connectivity index (χ0) is 29.5. The molecule has 0 aliphatic heterocycles. The Kier molecular flexibility index (Phi) is 8.89. The first kappa shape index (κ1) is 28.7. The zero-order valence-electron chi connectivity index (χ0n) is 22.0. The first-order valence-corrected chi connectivity index (χ1v) is 12.6. The third-order valence-corrected chi connectivity index (χ3v) is 6.41. The van der Waals surface area contributed by atoms with Crippen molar-refractivity contribution in [2.75, 3.05) is 11.9 Å². The number of pyridine rings is 1. The van der Waals surface area contributed by atoms with Gasteiger partial charge in [0.1, 0.15) is 12.2 Å². The van der Waals surface area contributed by atoms with Crippen molar-refractivity contribution in [3.63, 3.8) is 0 Å². The predicted molar refractivity (Wildman–Crippen MR) is 151 cm³/mol. The van der Waals surface area contributed by atoms with Crippen LogP contribution in [0.25, 0.3) is 28.1 Å². The van der Waals surface area contributed by atoms with Crippen LogP contribution in [0.15, 0.2) is 71.9 Å². The number of imidazole rings is 1. The van der Waals surface area contributed by atoms with Gasteiger partial charge in [0.25, 0.3) is 12.0 Å². The summed E-state index contributed by atoms with van der Waals surface area (Å²) in [5.41, 5.74) is 4.99. The monoisotopic (exact) mass is 576 g/mol. The molecule has 0 spiro atoms. The average molecular weight is 577 g/mol. The first-order valence-electron chi connectivity index (χ1n) is 12.2. The van der Waals surface area contributed by atoms with Crippen molar-refractivity contribution in [2.45, 2.75) is 19.9 Å². The van der Waals surface area contributed by atoms with E-state index in [0.717, 1.165) is 27.4 Å². The third-order valence-electron chi connectivity index (χ3n) is 6.18. The van der Waals surface area contributed by atoms with Crippen molar-refractivity contribution < 1.29 is 19.8 Å². The van der Waals surface area contributed by atoms with E-state index < -0.39 is 6.09 Å². The standard InChI is InChI=1S/C26H23ClN8O3.CH2O2/c1-3-21-25(16-4-7-19(8-5-16)33(2)26(37)38)30-23(29-21)14-34-11-10-17(12-24(34)36)20-13-18(27)6-9-22(20)35-15-28-31-32-35;2-1-3/h4-13,15H,3,14H2,1-2H3,(H,29,30)(H,37,38);1H,(H,2,3). The van der Waals surface area contributed by atoms with Crippen molar-refractivity contribution in [1.82, 2.24) is 34.7 Å². The Balaban J connectivity index is 0.00000124. The molecule has 210 valence electrons. The summed E-state index contributed by atoms with van der Waals surface area (Å²) in [4.78, 5) is 41.9. The minimum Gasteiger partial charge on any atom is -0.483 e. The lowest BCUT2D eigenvalue weighted by Crippen LogP contribution is -2.23. The lowest BCUT2D eigenvalue weighted by Gasteiger charge is -2.13. The number of carboxylic acid groups (broad SMARTS) is 2. The van der Waals surface area contributed by atoms with Gasteiger partial charge in [0.05, 0.1) is 17.9 Å². The van der Waals surface area contributed by atoms with Crippen LogP contribution < -0.4 is 10.5 Å². The highest BCUT2D eigenvalue weighted by Gasteiger charge is 2.15. The second-order valence-corrected chi connectivity index (χ2v) is 9.09. The lowest BCUT2D eigenvalue weighted by molar-refractivity contribution is -0.122. The molecule has 0 aliphatic rings. The third kappa shape index (κ3) is 6.47. The predicted octanol–water partition coefficient (Wildman–Crippen LogP) is 3.96. The Bertz CT molecular complexity index is 1710. The van der Waals surface area contributed by atoms with Crippen LogP contribution in [0.4, 0.5) is 10.5 Å². The van der Waals surface area contributed by atoms with Crippen LogP contribution in [-0.2, 0) is 17.8 Å². The molecule has 1 amide bonds. The van der Waals surface area contributed by atoms with Gasteiger partial charge in [0.2, 0.25) is 0 Å². The molecule has 0 atom stereocenters. The smallest absolute Gasteiger partial charge is 0.411 e. The van der Waals surface area contributed by atoms with E-state index in [4.69, 9.17) is 26.5 Å². The topological polar surface area (TPSA) is 172 Å². The highest BCUT2D eigenvalue weighted by Crippen LogP contribution is 2.29. The van der Waals surface area contributed by atoms with Crippen LogP contribution in [0.3, 0.4) is 0 Å². The average Bonchev–Trinajstić information content (AvgIpc) is 3.65. The molecule has 2 aromatic carbocycles. The Morgan fingerprint density at radius 1 is 1.12 bits per heavy atom. The Hall–Kier alpha value is -5.30. The van der Waals surface area contributed by atoms with E-state index >= 15 is 0 Å². The number of carbonyl (C=O) groups is 2. The van der Waals surface area contributed by atoms with E-state index in [1.54, 1.807) is 47.2 Å². The fourth-order valence-electron chi connectivity index (χ4n) is 4.16. The molecule has 3 aromatic heterocycles. The summed E-state index contributed by atoms with van der Waals surface area (Å²) in [7, 11) is 1.49. The maximum Gasteiger partial charge on any atom is 0.411 e. The Morgan fingerprint density at radius 2 is 1.85 bits per heavy atom. The number of tetrazole rings is 1. The quantitative estimate of drug-likeness (QED) is 0.242. The summed E-state index contributed by atoms with van der Waals surface area (Å²) >= 11 is 6.24. The number of nitrogens with zero attached hydrogens (tertiary/aromatic N) is 7. The fourth-order valence-corrected chi connectivity index (χ4v) is 4.34. The SMILES string of the molecule is CCc1[nH]c(Cn2ccc(-c3cc(Cl)ccc3-n3cnnn3)cc2=O)nc1-c1ccc(N(C)C(=O)O)cc1.O=CO. The van der Waals surface area contributed by atoms with E-state index in [-0.39, 0.29) is 18.6 Å². The number of aromatic nitrogens is 7. The summed E-state index contributed by atoms with van der Waals surface area (Å²) in [5.74, 6) is 0.635. The number of rotatable bonds is 7. The first-order chi connectivity index (χ1) is 19.7. The zero-order valence-corrected chi connectivity index (χ0v) is 22.7. The number of anilines is 1. The van der Waals surface area contributed by atoms with E-state index in [2.05, 4.69) is 20.5 Å². The molecule has 3 heterocycles. The van der Waals surface area contributed by atoms with Crippen molar-refractivity contribution in [3.8, 4) is 28.1 Å². The Morgan fingerprint density at radius 3 is 2.46 bits per heavy atom. The second kappa shape index (κ2) is 12.7. The minimum atomic E-state index is -1.03. The number of aryl methyl sites for hydroxylation is 1. The summed E-state index contributed by atoms with van der Waals surface area (Å²) in [6, 6.07) is 15.8. The fraction of sp³-hybridized carbons (Fsp3) is 0.148. The van der Waals surface area contributed by atoms with E-state index in [9.17, 15) is 14.7 Å². The molecule has 0 saturated heterocycles. The van der Waals surface area contributed by atoms with Crippen LogP contribution in [0.5, 0.6) is 0 Å². The molecule has 0 saturated carbocycles. The van der Waals surface area contributed by atoms with Crippen LogP contribution in [0, 0.1) is 0 Å². The number of halogens is 1. The second-order valence-electron chi connectivity index (χ2n) is 8.66. The van der Waals surface area contributed by atoms with E-state index in [1.807, 2.05) is 25.1 Å². The molecule has 0 radical (unpaired) electrons. The van der Waals surface area contributed by atoms with Gasteiger partial charge in [0.15, 0.2) is 0 Å². The molecule has 3 N–H and O–H groups in total. The molecule has 5 rings (SSSR count). The number of benzene rings is 2. The number of H-pyrrole nitrogens is 1. The van der Waals surface area contributed by atoms with Crippen LogP contribution in [0.1, 0.15) is 18.4 Å². The maximum absolute atomic E-state index is 13.1. The van der Waals surface area contributed by atoms with Crippen LogP contribution in [0.2, 0.25) is 5.02 Å². The van der Waals surface area contributed by atoms with Gasteiger partial charge in [-0.25, -0.2) is 9.78 Å². The number of hydrogen-bond acceptors (Lipinski definition) is 7. The number of hydrogen-bond donors (Lipinski definition) is 3. The van der Waals surface area contributed by atoms with Crippen molar-refractivity contribution in [3.05, 3.63) is 94.0 Å². The summed E-state index contributed by atoms with van der Waals surface area (Å²) in [6.07, 6.45) is 2.87. The molecule has 0 unspecified atom stereocenters. The lowest BCUT2D eigenvalue weighted by atomic mass is 10.0. The number of aromatic amines is 1. The molecule has 5 aromatic rings. The maximum atomic E-state index is 13.1. The molecule has 0 fully saturated rings. The molecular weight excluding hydrogens is 552 g/mol. The molecular formula is C27H25ClN8O5. The van der Waals surface area contributed by atoms with Gasteiger partial charge in [-0.2, -0.15) is 4.68 Å². The van der Waals surface area contributed by atoms with Crippen molar-refractivity contribution >= 4 is 29.9 Å². The van der Waals surface area contributed by atoms with Crippen molar-refractivity contribution in [2.24, 2.45) is 0 Å². The van der Waals surface area contributed by atoms with Crippen molar-refractivity contribution in [1.29, 1.82) is 0 Å². The summed E-state index contributed by atoms with van der Waals surface area (Å²) in [6.45, 7) is 2.02. The highest BCUT2D eigenvalue weighted by atomic mass is 35.5. The molecule has 0 bridgehead atoms. The normalized spacial score (nSPS) is 10.5. The molecule has 41 heavy (non-hydrogen) atoms. The summed E-state index contributed by atoms with van der Waals surface area (Å²) in [5, 5.41) is 27.9. The summed E-state index contributed by atoms with van der Waals surface area (Å²) < 4.78 is 3.08. The van der Waals surface area contributed by atoms with Gasteiger partial charge in [-0.15, -0.1) is 5.10 Å². The van der Waals surface area contributed by atoms with E-state index in [0.29, 0.717) is 34.2 Å². The van der Waals surface area contributed by atoms with Crippen LogP contribution in [-0.4, -0.2) is 64.6 Å². The Labute approximate surface area is 238 Å². The molecule has 13 nitrogen and oxygen atoms in total. The minimum absolute atomic E-state index is 0.206.